The number of benzene rings is 2. The van der Waals surface area contributed by atoms with Crippen LogP contribution < -0.4 is 9.47 Å². The minimum Gasteiger partial charge on any atom is -0.494 e. The third kappa shape index (κ3) is 3.63. The van der Waals surface area contributed by atoms with E-state index in [0.29, 0.717) is 13.2 Å². The highest BCUT2D eigenvalue weighted by Gasteiger charge is 2.16. The van der Waals surface area contributed by atoms with E-state index in [0.717, 1.165) is 35.5 Å². The normalized spacial score (nSPS) is 14.7. The molecule has 0 radical (unpaired) electrons. The largest absolute Gasteiger partial charge is 0.494 e. The first-order valence-electron chi connectivity index (χ1n) is 7.60. The van der Waals surface area contributed by atoms with Gasteiger partial charge in [0.25, 0.3) is 0 Å². The summed E-state index contributed by atoms with van der Waals surface area (Å²) in [5, 5.41) is 9.29. The first-order chi connectivity index (χ1) is 11.2. The molecule has 0 amide bonds. The molecule has 0 aromatic heterocycles. The van der Waals surface area contributed by atoms with Crippen LogP contribution in [-0.4, -0.2) is 30.3 Å². The number of ether oxygens (including phenoxy) is 2. The molecule has 2 aromatic rings. The molecule has 1 N–H and O–H groups in total. The van der Waals surface area contributed by atoms with Gasteiger partial charge in [-0.25, -0.2) is 4.39 Å². The molecular weight excluding hydrogens is 297 g/mol. The van der Waals surface area contributed by atoms with Gasteiger partial charge in [-0.3, -0.25) is 4.90 Å². The van der Waals surface area contributed by atoms with Crippen molar-refractivity contribution in [1.82, 2.24) is 4.90 Å². The molecule has 0 unspecified atom stereocenters. The van der Waals surface area contributed by atoms with Gasteiger partial charge in [-0.2, -0.15) is 0 Å². The first-order valence-corrected chi connectivity index (χ1v) is 7.60. The lowest BCUT2D eigenvalue weighted by molar-refractivity contribution is 0.219. The first kappa shape index (κ1) is 15.8. The third-order valence-electron chi connectivity index (χ3n) is 3.99. The number of aliphatic hydroxyl groups excluding tert-OH is 1. The molecule has 2 aromatic carbocycles. The molecule has 3 rings (SSSR count). The van der Waals surface area contributed by atoms with Gasteiger partial charge in [0.05, 0.1) is 13.7 Å². The van der Waals surface area contributed by atoms with Crippen molar-refractivity contribution in [1.29, 1.82) is 0 Å². The molecule has 0 fully saturated rings. The molecule has 0 bridgehead atoms. The molecule has 5 heteroatoms. The van der Waals surface area contributed by atoms with Crippen LogP contribution >= 0.6 is 0 Å². The number of hydrogen-bond donors (Lipinski definition) is 1. The van der Waals surface area contributed by atoms with E-state index in [2.05, 4.69) is 4.90 Å². The molecule has 122 valence electrons. The fourth-order valence-corrected chi connectivity index (χ4v) is 2.80. The Balaban J connectivity index is 1.78. The highest BCUT2D eigenvalue weighted by Crippen LogP contribution is 2.26. The Labute approximate surface area is 135 Å². The number of rotatable bonds is 4. The Morgan fingerprint density at radius 1 is 1.22 bits per heavy atom. The highest BCUT2D eigenvalue weighted by molar-refractivity contribution is 5.38. The average Bonchev–Trinajstić information content (AvgIpc) is 2.77. The van der Waals surface area contributed by atoms with Crippen molar-refractivity contribution in [2.75, 3.05) is 20.3 Å². The average molecular weight is 317 g/mol. The maximum atomic E-state index is 13.5. The van der Waals surface area contributed by atoms with E-state index in [1.807, 2.05) is 18.2 Å². The predicted octanol–water partition coefficient (Wildman–Crippen LogP) is 2.72. The van der Waals surface area contributed by atoms with Crippen LogP contribution in [-0.2, 0) is 19.7 Å². The van der Waals surface area contributed by atoms with Crippen molar-refractivity contribution in [2.45, 2.75) is 19.7 Å². The molecule has 1 aliphatic rings. The van der Waals surface area contributed by atoms with Crippen LogP contribution in [0, 0.1) is 5.82 Å². The van der Waals surface area contributed by atoms with Gasteiger partial charge in [0.1, 0.15) is 12.4 Å². The number of aliphatic hydroxyl groups is 1. The van der Waals surface area contributed by atoms with Gasteiger partial charge in [-0.15, -0.1) is 0 Å². The Bertz CT molecular complexity index is 690. The maximum absolute atomic E-state index is 13.5. The summed E-state index contributed by atoms with van der Waals surface area (Å²) >= 11 is 0. The van der Waals surface area contributed by atoms with Crippen LogP contribution in [0.2, 0.25) is 0 Å². The molecule has 23 heavy (non-hydrogen) atoms. The zero-order chi connectivity index (χ0) is 16.2. The van der Waals surface area contributed by atoms with Crippen molar-refractivity contribution >= 4 is 0 Å². The van der Waals surface area contributed by atoms with Gasteiger partial charge < -0.3 is 14.6 Å². The molecule has 4 nitrogen and oxygen atoms in total. The second-order valence-corrected chi connectivity index (χ2v) is 5.63. The van der Waals surface area contributed by atoms with Gasteiger partial charge in [0.2, 0.25) is 0 Å². The number of halogens is 1. The Kier molecular flexibility index (Phi) is 4.79. The molecule has 1 aliphatic heterocycles. The van der Waals surface area contributed by atoms with Gasteiger partial charge in [-0.1, -0.05) is 12.1 Å². The Hall–Kier alpha value is -2.11. The second-order valence-electron chi connectivity index (χ2n) is 5.63. The summed E-state index contributed by atoms with van der Waals surface area (Å²) in [4.78, 5) is 2.24. The summed E-state index contributed by atoms with van der Waals surface area (Å²) in [6.45, 7) is 2.81. The third-order valence-corrected chi connectivity index (χ3v) is 3.99. The van der Waals surface area contributed by atoms with Crippen LogP contribution in [0.1, 0.15) is 16.7 Å². The molecule has 0 saturated carbocycles. The standard InChI is InChI=1S/C18H20FNO3/c1-22-18-9-13(2-4-16(18)19)10-20-6-7-23-17-5-3-14(12-21)8-15(17)11-20/h2-5,8-9,21H,6-7,10-12H2,1H3. The lowest BCUT2D eigenvalue weighted by Gasteiger charge is -2.20. The summed E-state index contributed by atoms with van der Waals surface area (Å²) < 4.78 is 24.3. The van der Waals surface area contributed by atoms with E-state index in [1.165, 1.54) is 13.2 Å². The van der Waals surface area contributed by atoms with E-state index >= 15 is 0 Å². The summed E-state index contributed by atoms with van der Waals surface area (Å²) in [7, 11) is 1.47. The maximum Gasteiger partial charge on any atom is 0.165 e. The van der Waals surface area contributed by atoms with E-state index in [9.17, 15) is 9.50 Å². The molecule has 1 heterocycles. The number of fused-ring (bicyclic) bond motifs is 1. The minimum atomic E-state index is -0.353. The van der Waals surface area contributed by atoms with Gasteiger partial charge >= 0.3 is 0 Å². The number of methoxy groups -OCH3 is 1. The van der Waals surface area contributed by atoms with Crippen LogP contribution in [0.15, 0.2) is 36.4 Å². The SMILES string of the molecule is COc1cc(CN2CCOc3ccc(CO)cc3C2)ccc1F. The molecule has 0 atom stereocenters. The van der Waals surface area contributed by atoms with E-state index in [1.54, 1.807) is 12.1 Å². The molecular formula is C18H20FNO3. The predicted molar refractivity (Wildman–Crippen MR) is 84.9 cm³/mol. The van der Waals surface area contributed by atoms with Gasteiger partial charge in [0.15, 0.2) is 11.6 Å². The van der Waals surface area contributed by atoms with Crippen LogP contribution in [0.4, 0.5) is 4.39 Å². The van der Waals surface area contributed by atoms with E-state index < -0.39 is 0 Å². The van der Waals surface area contributed by atoms with Gasteiger partial charge in [0, 0.05) is 25.2 Å². The van der Waals surface area contributed by atoms with Crippen LogP contribution in [0.25, 0.3) is 0 Å². The fourth-order valence-electron chi connectivity index (χ4n) is 2.80. The lowest BCUT2D eigenvalue weighted by Crippen LogP contribution is -2.25. The van der Waals surface area contributed by atoms with Crippen molar-refractivity contribution in [3.05, 3.63) is 58.9 Å². The molecule has 0 spiro atoms. The van der Waals surface area contributed by atoms with Crippen molar-refractivity contribution in [3.8, 4) is 11.5 Å². The highest BCUT2D eigenvalue weighted by atomic mass is 19.1. The minimum absolute atomic E-state index is 0.0163. The smallest absolute Gasteiger partial charge is 0.165 e. The summed E-state index contributed by atoms with van der Waals surface area (Å²) in [6.07, 6.45) is 0. The number of hydrogen-bond acceptors (Lipinski definition) is 4. The summed E-state index contributed by atoms with van der Waals surface area (Å²) in [6, 6.07) is 10.7. The van der Waals surface area contributed by atoms with Gasteiger partial charge in [-0.05, 0) is 35.4 Å². The molecule has 0 aliphatic carbocycles. The Morgan fingerprint density at radius 2 is 2.04 bits per heavy atom. The zero-order valence-corrected chi connectivity index (χ0v) is 13.1. The summed E-state index contributed by atoms with van der Waals surface area (Å²) in [5.41, 5.74) is 2.92. The van der Waals surface area contributed by atoms with Crippen LogP contribution in [0.3, 0.4) is 0 Å². The van der Waals surface area contributed by atoms with Crippen molar-refractivity contribution < 1.29 is 19.0 Å². The second kappa shape index (κ2) is 6.98. The number of nitrogens with zero attached hydrogens (tertiary/aromatic N) is 1. The quantitative estimate of drug-likeness (QED) is 0.941. The van der Waals surface area contributed by atoms with Crippen molar-refractivity contribution in [2.24, 2.45) is 0 Å². The monoisotopic (exact) mass is 317 g/mol. The van der Waals surface area contributed by atoms with E-state index in [-0.39, 0.29) is 18.2 Å². The Morgan fingerprint density at radius 3 is 2.83 bits per heavy atom. The van der Waals surface area contributed by atoms with Crippen molar-refractivity contribution in [3.63, 3.8) is 0 Å². The van der Waals surface area contributed by atoms with Crippen LogP contribution in [0.5, 0.6) is 11.5 Å². The summed E-state index contributed by atoms with van der Waals surface area (Å²) in [5.74, 6) is 0.770. The fraction of sp³-hybridized carbons (Fsp3) is 0.333. The topological polar surface area (TPSA) is 41.9 Å². The zero-order valence-electron chi connectivity index (χ0n) is 13.1. The lowest BCUT2D eigenvalue weighted by atomic mass is 10.1. The van der Waals surface area contributed by atoms with E-state index in [4.69, 9.17) is 9.47 Å². The molecule has 0 saturated heterocycles.